The summed E-state index contributed by atoms with van der Waals surface area (Å²) in [4.78, 5) is 41.1. The fraction of sp³-hybridized carbons (Fsp3) is 0.462. The lowest BCUT2D eigenvalue weighted by atomic mass is 10.0. The van der Waals surface area contributed by atoms with Gasteiger partial charge < -0.3 is 20.3 Å². The van der Waals surface area contributed by atoms with Crippen molar-refractivity contribution in [2.75, 3.05) is 31.1 Å². The lowest BCUT2D eigenvalue weighted by Crippen LogP contribution is -2.50. The standard InChI is InChI=1S/C26H29N7O3S/c1-26(2,3)36-25(35)33-13-11-32(12-14-33)23-20(29-4)19(16-5-6-16)18(15-27)24(31-23)37-21(22(28)34)17-7-9-30-10-8-17/h7-10,16,21H,5-6,11-14H2,1-3H3,(H2,28,34). The molecule has 2 fully saturated rings. The minimum atomic E-state index is -0.773. The van der Waals surface area contributed by atoms with Crippen LogP contribution in [0.2, 0.25) is 0 Å². The fourth-order valence-corrected chi connectivity index (χ4v) is 5.27. The Morgan fingerprint density at radius 1 is 1.24 bits per heavy atom. The van der Waals surface area contributed by atoms with Gasteiger partial charge in [0.05, 0.1) is 12.1 Å². The molecule has 2 amide bonds. The highest BCUT2D eigenvalue weighted by atomic mass is 32.2. The molecule has 4 rings (SSSR count). The highest BCUT2D eigenvalue weighted by Gasteiger charge is 2.36. The molecule has 1 aliphatic heterocycles. The molecule has 1 atom stereocenters. The van der Waals surface area contributed by atoms with Crippen molar-refractivity contribution in [3.05, 3.63) is 52.6 Å². The molecule has 1 unspecified atom stereocenters. The Labute approximate surface area is 220 Å². The molecule has 2 aromatic rings. The number of aromatic nitrogens is 2. The topological polar surface area (TPSA) is 130 Å². The van der Waals surface area contributed by atoms with Gasteiger partial charge in [0.15, 0.2) is 0 Å². The normalized spacial score (nSPS) is 16.5. The number of hydrogen-bond acceptors (Lipinski definition) is 8. The Bertz CT molecular complexity index is 1270. The van der Waals surface area contributed by atoms with Crippen LogP contribution in [0, 0.1) is 17.9 Å². The van der Waals surface area contributed by atoms with Gasteiger partial charge in [-0.2, -0.15) is 5.26 Å². The first-order valence-electron chi connectivity index (χ1n) is 12.1. The quantitative estimate of drug-likeness (QED) is 0.445. The first-order chi connectivity index (χ1) is 17.6. The fourth-order valence-electron chi connectivity index (χ4n) is 4.22. The van der Waals surface area contributed by atoms with Gasteiger partial charge in [-0.1, -0.05) is 11.8 Å². The highest BCUT2D eigenvalue weighted by Crippen LogP contribution is 2.51. The van der Waals surface area contributed by atoms with E-state index in [9.17, 15) is 14.9 Å². The number of nitrogens with two attached hydrogens (primary N) is 1. The molecule has 2 aromatic heterocycles. The van der Waals surface area contributed by atoms with E-state index in [4.69, 9.17) is 22.0 Å². The summed E-state index contributed by atoms with van der Waals surface area (Å²) >= 11 is 1.12. The predicted octanol–water partition coefficient (Wildman–Crippen LogP) is 4.15. The molecule has 192 valence electrons. The van der Waals surface area contributed by atoms with Crippen LogP contribution >= 0.6 is 11.8 Å². The van der Waals surface area contributed by atoms with Crippen LogP contribution in [-0.2, 0) is 9.53 Å². The number of nitriles is 1. The number of ether oxygens (including phenoxy) is 1. The number of thioether (sulfide) groups is 1. The molecule has 11 heteroatoms. The third-order valence-corrected chi connectivity index (χ3v) is 7.35. The molecule has 1 aliphatic carbocycles. The predicted molar refractivity (Wildman–Crippen MR) is 139 cm³/mol. The summed E-state index contributed by atoms with van der Waals surface area (Å²) in [5.41, 5.74) is 7.21. The second-order valence-corrected chi connectivity index (χ2v) is 11.1. The van der Waals surface area contributed by atoms with Crippen LogP contribution in [0.3, 0.4) is 0 Å². The molecule has 1 saturated heterocycles. The van der Waals surface area contributed by atoms with Crippen LogP contribution in [0.25, 0.3) is 4.85 Å². The first-order valence-corrected chi connectivity index (χ1v) is 12.9. The Kier molecular flexibility index (Phi) is 7.55. The average molecular weight is 520 g/mol. The zero-order valence-corrected chi connectivity index (χ0v) is 21.9. The Morgan fingerprint density at radius 3 is 2.41 bits per heavy atom. The van der Waals surface area contributed by atoms with Crippen molar-refractivity contribution in [1.82, 2.24) is 14.9 Å². The van der Waals surface area contributed by atoms with E-state index in [0.717, 1.165) is 24.6 Å². The smallest absolute Gasteiger partial charge is 0.410 e. The molecule has 0 aromatic carbocycles. The van der Waals surface area contributed by atoms with E-state index in [0.29, 0.717) is 59.4 Å². The van der Waals surface area contributed by atoms with Gasteiger partial charge in [-0.15, -0.1) is 0 Å². The summed E-state index contributed by atoms with van der Waals surface area (Å²) in [6.45, 7) is 15.2. The third kappa shape index (κ3) is 5.95. The summed E-state index contributed by atoms with van der Waals surface area (Å²) in [5.74, 6) is 0.0210. The van der Waals surface area contributed by atoms with E-state index in [1.807, 2.05) is 25.7 Å². The Hall–Kier alpha value is -3.83. The van der Waals surface area contributed by atoms with Crippen molar-refractivity contribution in [1.29, 1.82) is 5.26 Å². The molecule has 2 N–H and O–H groups in total. The number of rotatable bonds is 6. The number of anilines is 1. The van der Waals surface area contributed by atoms with Gasteiger partial charge in [-0.05, 0) is 62.8 Å². The summed E-state index contributed by atoms with van der Waals surface area (Å²) in [6, 6.07) is 5.67. The SMILES string of the molecule is [C-]#[N+]c1c(N2CCN(C(=O)OC(C)(C)C)CC2)nc(SC(C(N)=O)c2ccncc2)c(C#N)c1C1CC1. The van der Waals surface area contributed by atoms with Crippen molar-refractivity contribution >= 4 is 35.3 Å². The molecular formula is C26H29N7O3S. The molecular weight excluding hydrogens is 490 g/mol. The van der Waals surface area contributed by atoms with E-state index >= 15 is 0 Å². The van der Waals surface area contributed by atoms with E-state index < -0.39 is 16.8 Å². The Balaban J connectivity index is 1.69. The van der Waals surface area contributed by atoms with E-state index in [1.165, 1.54) is 0 Å². The van der Waals surface area contributed by atoms with E-state index in [1.54, 1.807) is 29.4 Å². The number of hydrogen-bond donors (Lipinski definition) is 1. The largest absolute Gasteiger partial charge is 0.444 e. The van der Waals surface area contributed by atoms with Crippen molar-refractivity contribution in [3.63, 3.8) is 0 Å². The van der Waals surface area contributed by atoms with Crippen LogP contribution in [0.1, 0.15) is 61.5 Å². The average Bonchev–Trinajstić information content (AvgIpc) is 3.71. The molecule has 0 bridgehead atoms. The zero-order chi connectivity index (χ0) is 26.7. The van der Waals surface area contributed by atoms with E-state index in [-0.39, 0.29) is 12.0 Å². The van der Waals surface area contributed by atoms with Crippen LogP contribution in [0.4, 0.5) is 16.3 Å². The van der Waals surface area contributed by atoms with Crippen molar-refractivity contribution < 1.29 is 14.3 Å². The molecule has 3 heterocycles. The number of carbonyl (C=O) groups is 2. The minimum Gasteiger partial charge on any atom is -0.444 e. The zero-order valence-electron chi connectivity index (χ0n) is 21.1. The van der Waals surface area contributed by atoms with Crippen LogP contribution in [0.15, 0.2) is 29.6 Å². The molecule has 2 aliphatic rings. The summed E-state index contributed by atoms with van der Waals surface area (Å²) < 4.78 is 5.50. The summed E-state index contributed by atoms with van der Waals surface area (Å²) in [7, 11) is 0. The van der Waals surface area contributed by atoms with Crippen molar-refractivity contribution in [2.24, 2.45) is 5.73 Å². The van der Waals surface area contributed by atoms with Crippen LogP contribution in [-0.4, -0.2) is 58.6 Å². The van der Waals surface area contributed by atoms with Gasteiger partial charge in [0.25, 0.3) is 0 Å². The van der Waals surface area contributed by atoms with Crippen molar-refractivity contribution in [2.45, 2.75) is 55.4 Å². The molecule has 1 saturated carbocycles. The number of primary amides is 1. The van der Waals surface area contributed by atoms with Crippen LogP contribution in [0.5, 0.6) is 0 Å². The number of nitrogens with zero attached hydrogens (tertiary/aromatic N) is 6. The van der Waals surface area contributed by atoms with Crippen molar-refractivity contribution in [3.8, 4) is 6.07 Å². The second-order valence-electron chi connectivity index (χ2n) is 10.0. The summed E-state index contributed by atoms with van der Waals surface area (Å²) in [5, 5.41) is 9.71. The second kappa shape index (κ2) is 10.7. The maximum absolute atomic E-state index is 12.5. The van der Waals surface area contributed by atoms with E-state index in [2.05, 4.69) is 15.9 Å². The monoisotopic (exact) mass is 519 g/mol. The number of carbonyl (C=O) groups excluding carboxylic acids is 2. The molecule has 37 heavy (non-hydrogen) atoms. The van der Waals surface area contributed by atoms with Gasteiger partial charge in [0, 0.05) is 38.6 Å². The van der Waals surface area contributed by atoms with Crippen LogP contribution < -0.4 is 10.6 Å². The van der Waals surface area contributed by atoms with Gasteiger partial charge in [0.1, 0.15) is 27.8 Å². The third-order valence-electron chi connectivity index (χ3n) is 6.09. The lowest BCUT2D eigenvalue weighted by molar-refractivity contribution is -0.117. The summed E-state index contributed by atoms with van der Waals surface area (Å²) in [6.07, 6.45) is 4.57. The van der Waals surface area contributed by atoms with Gasteiger partial charge in [-0.25, -0.2) is 14.6 Å². The maximum Gasteiger partial charge on any atom is 0.410 e. The van der Waals surface area contributed by atoms with Gasteiger partial charge in [0.2, 0.25) is 11.6 Å². The maximum atomic E-state index is 12.5. The number of piperazine rings is 1. The highest BCUT2D eigenvalue weighted by molar-refractivity contribution is 8.00. The minimum absolute atomic E-state index is 0.107. The molecule has 10 nitrogen and oxygen atoms in total. The Morgan fingerprint density at radius 2 is 1.89 bits per heavy atom. The lowest BCUT2D eigenvalue weighted by Gasteiger charge is -2.37. The molecule has 0 radical (unpaired) electrons. The number of pyridine rings is 2. The first kappa shape index (κ1) is 26.2. The number of amides is 2. The van der Waals surface area contributed by atoms with Gasteiger partial charge >= 0.3 is 6.09 Å². The molecule has 0 spiro atoms. The van der Waals surface area contributed by atoms with Gasteiger partial charge in [-0.3, -0.25) is 9.78 Å².